The van der Waals surface area contributed by atoms with Crippen molar-refractivity contribution in [2.45, 2.75) is 58.0 Å². The number of esters is 1. The molecule has 1 saturated carbocycles. The number of unbranched alkanes of at least 4 members (excludes halogenated alkanes) is 1. The van der Waals surface area contributed by atoms with Crippen LogP contribution in [0.5, 0.6) is 0 Å². The quantitative estimate of drug-likeness (QED) is 0.222. The van der Waals surface area contributed by atoms with Gasteiger partial charge in [0.05, 0.1) is 18.2 Å². The molecule has 0 radical (unpaired) electrons. The van der Waals surface area contributed by atoms with Crippen LogP contribution >= 0.6 is 22.9 Å². The Kier molecular flexibility index (Phi) is 9.72. The summed E-state index contributed by atoms with van der Waals surface area (Å²) in [5, 5.41) is 12.4. The van der Waals surface area contributed by atoms with Gasteiger partial charge in [0.15, 0.2) is 0 Å². The molecule has 1 unspecified atom stereocenters. The summed E-state index contributed by atoms with van der Waals surface area (Å²) in [7, 11) is 1.40. The molecular formula is C27H33ClO4S. The van der Waals surface area contributed by atoms with Crippen LogP contribution in [-0.2, 0) is 20.7 Å². The summed E-state index contributed by atoms with van der Waals surface area (Å²) in [5.74, 6) is 0.470. The monoisotopic (exact) mass is 488 g/mol. The number of hydrogen-bond donors (Lipinski definition) is 1. The molecule has 1 aliphatic carbocycles. The summed E-state index contributed by atoms with van der Waals surface area (Å²) in [4.78, 5) is 24.8. The zero-order valence-electron chi connectivity index (χ0n) is 19.3. The van der Waals surface area contributed by atoms with Gasteiger partial charge in [0.25, 0.3) is 0 Å². The van der Waals surface area contributed by atoms with Crippen molar-refractivity contribution in [3.63, 3.8) is 0 Å². The number of rotatable bonds is 11. The molecule has 0 aliphatic heterocycles. The Morgan fingerprint density at radius 3 is 2.88 bits per heavy atom. The minimum Gasteiger partial charge on any atom is -0.469 e. The number of ketones is 1. The zero-order chi connectivity index (χ0) is 23.8. The summed E-state index contributed by atoms with van der Waals surface area (Å²) in [5.41, 5.74) is 0. The average Bonchev–Trinajstić information content (AvgIpc) is 3.27. The van der Waals surface area contributed by atoms with Gasteiger partial charge in [-0.2, -0.15) is 0 Å². The van der Waals surface area contributed by atoms with Crippen molar-refractivity contribution in [1.29, 1.82) is 0 Å². The van der Waals surface area contributed by atoms with Crippen LogP contribution in [0, 0.1) is 17.8 Å². The van der Waals surface area contributed by atoms with E-state index in [1.54, 1.807) is 11.3 Å². The summed E-state index contributed by atoms with van der Waals surface area (Å²) in [6.07, 6.45) is 12.0. The molecule has 0 amide bonds. The average molecular weight is 489 g/mol. The maximum absolute atomic E-state index is 12.5. The number of ether oxygens (including phenoxy) is 1. The summed E-state index contributed by atoms with van der Waals surface area (Å²) < 4.78 is 5.81. The summed E-state index contributed by atoms with van der Waals surface area (Å²) in [6.45, 7) is 2.11. The molecule has 3 rings (SSSR count). The molecule has 33 heavy (non-hydrogen) atoms. The number of aliphatic hydroxyl groups is 1. The molecule has 178 valence electrons. The molecule has 1 heterocycles. The fraction of sp³-hybridized carbons (Fsp3) is 0.481. The number of benzene rings is 1. The minimum atomic E-state index is -0.566. The number of aliphatic hydroxyl groups excluding tert-OH is 1. The fourth-order valence-electron chi connectivity index (χ4n) is 4.51. The second kappa shape index (κ2) is 12.5. The van der Waals surface area contributed by atoms with Crippen LogP contribution in [-0.4, -0.2) is 30.1 Å². The van der Waals surface area contributed by atoms with Crippen molar-refractivity contribution >= 4 is 44.8 Å². The highest BCUT2D eigenvalue weighted by atomic mass is 35.5. The molecule has 1 N–H and O–H groups in total. The van der Waals surface area contributed by atoms with Gasteiger partial charge in [-0.15, -0.1) is 11.3 Å². The minimum absolute atomic E-state index is 0.0441. The van der Waals surface area contributed by atoms with Crippen LogP contribution < -0.4 is 0 Å². The Morgan fingerprint density at radius 1 is 1.33 bits per heavy atom. The Morgan fingerprint density at radius 2 is 2.12 bits per heavy atom. The predicted octanol–water partition coefficient (Wildman–Crippen LogP) is 6.54. The van der Waals surface area contributed by atoms with Crippen LogP contribution in [0.25, 0.3) is 10.1 Å². The number of fused-ring (bicyclic) bond motifs is 1. The van der Waals surface area contributed by atoms with Crippen LogP contribution in [0.1, 0.15) is 50.3 Å². The van der Waals surface area contributed by atoms with E-state index in [1.165, 1.54) is 11.8 Å². The molecule has 0 spiro atoms. The first kappa shape index (κ1) is 25.7. The molecule has 4 atom stereocenters. The van der Waals surface area contributed by atoms with Gasteiger partial charge in [-0.05, 0) is 50.0 Å². The highest BCUT2D eigenvalue weighted by molar-refractivity contribution is 7.19. The number of hydrogen-bond acceptors (Lipinski definition) is 5. The maximum atomic E-state index is 12.5. The highest BCUT2D eigenvalue weighted by Gasteiger charge is 2.37. The van der Waals surface area contributed by atoms with E-state index in [2.05, 4.69) is 23.8 Å². The highest BCUT2D eigenvalue weighted by Crippen LogP contribution is 2.38. The molecule has 1 aromatic carbocycles. The Hall–Kier alpha value is -1.95. The number of carbonyl (C=O) groups is 2. The van der Waals surface area contributed by atoms with Crippen molar-refractivity contribution in [2.24, 2.45) is 17.8 Å². The van der Waals surface area contributed by atoms with Crippen molar-refractivity contribution in [1.82, 2.24) is 0 Å². The third kappa shape index (κ3) is 7.02. The SMILES string of the molecule is COC(=O)CCC/C=C\C[C@H]1C(=O)C[C@@H](C)[C@@H]1/C=C/C(O)CCc1sc2ccccc2c1Cl. The van der Waals surface area contributed by atoms with E-state index in [0.29, 0.717) is 31.5 Å². The molecule has 2 aromatic rings. The normalized spacial score (nSPS) is 22.1. The van der Waals surface area contributed by atoms with Crippen molar-refractivity contribution in [3.8, 4) is 0 Å². The fourth-order valence-corrected chi connectivity index (χ4v) is 6.06. The van der Waals surface area contributed by atoms with E-state index in [9.17, 15) is 14.7 Å². The molecule has 1 aliphatic rings. The first-order valence-corrected chi connectivity index (χ1v) is 12.9. The third-order valence-electron chi connectivity index (χ3n) is 6.42. The lowest BCUT2D eigenvalue weighted by atomic mass is 9.87. The molecule has 1 aromatic heterocycles. The number of carbonyl (C=O) groups excluding carboxylic acids is 2. The maximum Gasteiger partial charge on any atom is 0.305 e. The van der Waals surface area contributed by atoms with Crippen LogP contribution in [0.2, 0.25) is 5.02 Å². The summed E-state index contributed by atoms with van der Waals surface area (Å²) >= 11 is 8.21. The van der Waals surface area contributed by atoms with Crippen LogP contribution in [0.4, 0.5) is 0 Å². The predicted molar refractivity (Wildman–Crippen MR) is 136 cm³/mol. The molecule has 0 saturated heterocycles. The third-order valence-corrected chi connectivity index (χ3v) is 8.19. The van der Waals surface area contributed by atoms with E-state index >= 15 is 0 Å². The number of methoxy groups -OCH3 is 1. The first-order valence-electron chi connectivity index (χ1n) is 11.7. The first-order chi connectivity index (χ1) is 15.9. The van der Waals surface area contributed by atoms with E-state index in [1.807, 2.05) is 36.4 Å². The second-order valence-corrected chi connectivity index (χ2v) is 10.3. The number of allylic oxidation sites excluding steroid dienone is 3. The van der Waals surface area contributed by atoms with Gasteiger partial charge in [0.2, 0.25) is 0 Å². The van der Waals surface area contributed by atoms with Crippen LogP contribution in [0.15, 0.2) is 48.6 Å². The van der Waals surface area contributed by atoms with E-state index < -0.39 is 6.10 Å². The van der Waals surface area contributed by atoms with Gasteiger partial charge in [0.1, 0.15) is 5.78 Å². The van der Waals surface area contributed by atoms with Crippen molar-refractivity contribution < 1.29 is 19.4 Å². The van der Waals surface area contributed by atoms with Gasteiger partial charge in [-0.1, -0.05) is 61.0 Å². The molecule has 4 nitrogen and oxygen atoms in total. The number of thiophene rings is 1. The van der Waals surface area contributed by atoms with Crippen LogP contribution in [0.3, 0.4) is 0 Å². The molecule has 6 heteroatoms. The largest absolute Gasteiger partial charge is 0.469 e. The van der Waals surface area contributed by atoms with Gasteiger partial charge in [0, 0.05) is 33.7 Å². The topological polar surface area (TPSA) is 63.6 Å². The number of aryl methyl sites for hydroxylation is 1. The van der Waals surface area contributed by atoms with Gasteiger partial charge in [-0.25, -0.2) is 0 Å². The van der Waals surface area contributed by atoms with Crippen molar-refractivity contribution in [2.75, 3.05) is 7.11 Å². The Labute approximate surface area is 205 Å². The van der Waals surface area contributed by atoms with E-state index in [-0.39, 0.29) is 23.7 Å². The van der Waals surface area contributed by atoms with Gasteiger partial charge in [-0.3, -0.25) is 9.59 Å². The smallest absolute Gasteiger partial charge is 0.305 e. The van der Waals surface area contributed by atoms with E-state index in [0.717, 1.165) is 34.5 Å². The molecule has 1 fully saturated rings. The Balaban J connectivity index is 1.51. The second-order valence-electron chi connectivity index (χ2n) is 8.83. The molecule has 0 bridgehead atoms. The van der Waals surface area contributed by atoms with Crippen molar-refractivity contribution in [3.05, 3.63) is 58.5 Å². The van der Waals surface area contributed by atoms with Gasteiger partial charge < -0.3 is 9.84 Å². The zero-order valence-corrected chi connectivity index (χ0v) is 20.9. The lowest BCUT2D eigenvalue weighted by Crippen LogP contribution is -2.15. The summed E-state index contributed by atoms with van der Waals surface area (Å²) in [6, 6.07) is 8.09. The molecular weight excluding hydrogens is 456 g/mol. The number of halogens is 1. The van der Waals surface area contributed by atoms with Gasteiger partial charge >= 0.3 is 5.97 Å². The number of Topliss-reactive ketones (excluding diaryl/α,β-unsaturated/α-hetero) is 1. The standard InChI is InChI=1S/C27H33ClO4S/c1-18-17-23(30)21(9-5-3-4-6-12-26(31)32-2)20(18)15-13-19(29)14-16-25-27(28)22-10-7-8-11-24(22)33-25/h3,5,7-8,10-11,13,15,18-21,29H,4,6,9,12,14,16-17H2,1-2H3/b5-3-,15-13+/t18-,19?,20+,21-/m1/s1. The lowest BCUT2D eigenvalue weighted by Gasteiger charge is -2.17. The lowest BCUT2D eigenvalue weighted by molar-refractivity contribution is -0.140. The van der Waals surface area contributed by atoms with E-state index in [4.69, 9.17) is 11.6 Å². The Bertz CT molecular complexity index is 1010.